The summed E-state index contributed by atoms with van der Waals surface area (Å²) in [7, 11) is 4.16. The second-order valence-corrected chi connectivity index (χ2v) is 11.4. The third kappa shape index (κ3) is 5.31. The number of aromatic hydroxyl groups is 2. The minimum absolute atomic E-state index is 0.112. The molecule has 2 aliphatic heterocycles. The number of carbonyl (C=O) groups excluding carboxylic acids is 1. The monoisotopic (exact) mass is 580 g/mol. The third-order valence-corrected chi connectivity index (χ3v) is 8.73. The summed E-state index contributed by atoms with van der Waals surface area (Å²) < 4.78 is 0.719. The van der Waals surface area contributed by atoms with Crippen LogP contribution in [-0.4, -0.2) is 51.8 Å². The maximum absolute atomic E-state index is 12.5. The summed E-state index contributed by atoms with van der Waals surface area (Å²) in [5.74, 6) is -0.232. The number of nitrogens with zero attached hydrogens (tertiary/aromatic N) is 4. The van der Waals surface area contributed by atoms with Gasteiger partial charge in [-0.15, -0.1) is 4.73 Å². The Bertz CT molecular complexity index is 1650. The molecule has 0 amide bonds. The summed E-state index contributed by atoms with van der Waals surface area (Å²) in [4.78, 5) is 25.6. The maximum Gasteiger partial charge on any atom is 0.333 e. The summed E-state index contributed by atoms with van der Waals surface area (Å²) in [5.41, 5.74) is 5.64. The van der Waals surface area contributed by atoms with Crippen LogP contribution in [0.3, 0.4) is 0 Å². The Morgan fingerprint density at radius 3 is 2.33 bits per heavy atom. The Labute approximate surface area is 249 Å². The first-order valence-corrected chi connectivity index (χ1v) is 14.7. The van der Waals surface area contributed by atoms with E-state index in [1.165, 1.54) is 22.7 Å². The molecular weight excluding hydrogens is 548 g/mol. The van der Waals surface area contributed by atoms with Gasteiger partial charge in [0, 0.05) is 55.3 Å². The molecular formula is C33H32N4O4S. The van der Waals surface area contributed by atoms with E-state index in [-0.39, 0.29) is 23.6 Å². The molecule has 214 valence electrons. The van der Waals surface area contributed by atoms with Crippen LogP contribution in [0, 0.1) is 0 Å². The van der Waals surface area contributed by atoms with Gasteiger partial charge in [0.15, 0.2) is 0 Å². The van der Waals surface area contributed by atoms with Gasteiger partial charge in [-0.05, 0) is 54.5 Å². The molecule has 3 aromatic carbocycles. The van der Waals surface area contributed by atoms with Crippen LogP contribution in [0.1, 0.15) is 18.4 Å². The highest BCUT2D eigenvalue weighted by molar-refractivity contribution is 8.00. The molecule has 3 heterocycles. The van der Waals surface area contributed by atoms with E-state index in [9.17, 15) is 15.0 Å². The van der Waals surface area contributed by atoms with Gasteiger partial charge in [-0.3, -0.25) is 4.90 Å². The Balaban J connectivity index is 1.28. The zero-order valence-electron chi connectivity index (χ0n) is 23.4. The van der Waals surface area contributed by atoms with Crippen LogP contribution >= 0.6 is 11.8 Å². The van der Waals surface area contributed by atoms with Crippen molar-refractivity contribution in [1.29, 1.82) is 0 Å². The second-order valence-electron chi connectivity index (χ2n) is 10.2. The molecule has 4 aromatic rings. The van der Waals surface area contributed by atoms with Gasteiger partial charge >= 0.3 is 5.97 Å². The van der Waals surface area contributed by atoms with Crippen LogP contribution in [0.5, 0.6) is 11.8 Å². The van der Waals surface area contributed by atoms with Crippen molar-refractivity contribution in [2.24, 2.45) is 0 Å². The van der Waals surface area contributed by atoms with Gasteiger partial charge in [0.2, 0.25) is 11.8 Å². The fourth-order valence-corrected chi connectivity index (χ4v) is 6.53. The Hall–Kier alpha value is -4.76. The predicted octanol–water partition coefficient (Wildman–Crippen LogP) is 6.21. The maximum atomic E-state index is 12.5. The molecule has 9 heteroatoms. The molecule has 1 aromatic heterocycles. The lowest BCUT2D eigenvalue weighted by atomic mass is 9.97. The van der Waals surface area contributed by atoms with Gasteiger partial charge in [0.25, 0.3) is 0 Å². The molecule has 1 atom stereocenters. The van der Waals surface area contributed by atoms with Crippen LogP contribution < -0.4 is 14.6 Å². The van der Waals surface area contributed by atoms with Crippen LogP contribution in [0.4, 0.5) is 17.1 Å². The van der Waals surface area contributed by atoms with E-state index in [0.717, 1.165) is 33.1 Å². The average molecular weight is 581 g/mol. The molecule has 1 unspecified atom stereocenters. The van der Waals surface area contributed by atoms with Crippen molar-refractivity contribution in [1.82, 2.24) is 9.63 Å². The number of aromatic nitrogens is 1. The molecule has 0 radical (unpaired) electrons. The van der Waals surface area contributed by atoms with E-state index in [1.54, 1.807) is 0 Å². The van der Waals surface area contributed by atoms with E-state index in [0.29, 0.717) is 13.0 Å². The average Bonchev–Trinajstić information content (AvgIpc) is 3.50. The summed E-state index contributed by atoms with van der Waals surface area (Å²) in [6.07, 6.45) is 5.17. The highest BCUT2D eigenvalue weighted by Crippen LogP contribution is 2.46. The van der Waals surface area contributed by atoms with Gasteiger partial charge in [-0.2, -0.15) is 0 Å². The van der Waals surface area contributed by atoms with Crippen molar-refractivity contribution >= 4 is 40.4 Å². The van der Waals surface area contributed by atoms with Crippen LogP contribution in [0.2, 0.25) is 0 Å². The number of allylic oxidation sites excluding steroid dienone is 2. The Morgan fingerprint density at radius 1 is 0.929 bits per heavy atom. The first-order chi connectivity index (χ1) is 20.4. The largest absolute Gasteiger partial charge is 0.492 e. The van der Waals surface area contributed by atoms with Crippen LogP contribution in [0.15, 0.2) is 114 Å². The number of para-hydroxylation sites is 3. The highest BCUT2D eigenvalue weighted by atomic mass is 32.2. The first kappa shape index (κ1) is 27.4. The molecule has 42 heavy (non-hydrogen) atoms. The molecule has 0 spiro atoms. The van der Waals surface area contributed by atoms with Crippen molar-refractivity contribution < 1.29 is 19.8 Å². The molecule has 0 aliphatic carbocycles. The van der Waals surface area contributed by atoms with Crippen molar-refractivity contribution in [3.63, 3.8) is 0 Å². The molecule has 2 N–H and O–H groups in total. The molecule has 0 fully saturated rings. The van der Waals surface area contributed by atoms with E-state index in [4.69, 9.17) is 4.84 Å². The van der Waals surface area contributed by atoms with E-state index in [1.807, 2.05) is 37.0 Å². The van der Waals surface area contributed by atoms with E-state index >= 15 is 0 Å². The molecule has 2 aliphatic rings. The SMILES string of the molecule is CN(CCCC(=O)On1c(O)ccc1O)C1=CC(=CC2Sc3ccccc3N2C)c2ccccc2N1c1ccccc1. The van der Waals surface area contributed by atoms with Gasteiger partial charge in [-0.25, -0.2) is 4.79 Å². The van der Waals surface area contributed by atoms with E-state index < -0.39 is 5.97 Å². The van der Waals surface area contributed by atoms with Crippen molar-refractivity contribution in [3.8, 4) is 11.8 Å². The molecule has 0 bridgehead atoms. The molecule has 0 saturated heterocycles. The number of anilines is 3. The van der Waals surface area contributed by atoms with Crippen molar-refractivity contribution in [2.45, 2.75) is 23.1 Å². The number of benzene rings is 3. The zero-order chi connectivity index (χ0) is 29.2. The lowest BCUT2D eigenvalue weighted by molar-refractivity contribution is -0.145. The smallest absolute Gasteiger partial charge is 0.333 e. The van der Waals surface area contributed by atoms with Crippen LogP contribution in [0.25, 0.3) is 5.57 Å². The number of thioether (sulfide) groups is 1. The minimum atomic E-state index is -0.547. The fraction of sp³-hybridized carbons (Fsp3) is 0.182. The van der Waals surface area contributed by atoms with Gasteiger partial charge < -0.3 is 24.9 Å². The number of rotatable bonds is 8. The van der Waals surface area contributed by atoms with E-state index in [2.05, 4.69) is 94.6 Å². The molecule has 0 saturated carbocycles. The normalized spacial score (nSPS) is 16.7. The summed E-state index contributed by atoms with van der Waals surface area (Å²) in [6, 6.07) is 29.7. The third-order valence-electron chi connectivity index (χ3n) is 7.44. The summed E-state index contributed by atoms with van der Waals surface area (Å²) in [5, 5.41) is 19.7. The lowest BCUT2D eigenvalue weighted by Crippen LogP contribution is -2.34. The number of carbonyl (C=O) groups is 1. The van der Waals surface area contributed by atoms with Gasteiger partial charge in [0.1, 0.15) is 5.82 Å². The quantitative estimate of drug-likeness (QED) is 0.255. The lowest BCUT2D eigenvalue weighted by Gasteiger charge is -2.38. The predicted molar refractivity (Wildman–Crippen MR) is 167 cm³/mol. The number of likely N-dealkylation sites (N-methyl/N-ethyl adjacent to an activating group) is 1. The molecule has 8 nitrogen and oxygen atoms in total. The zero-order valence-corrected chi connectivity index (χ0v) is 24.2. The number of hydrogen-bond donors (Lipinski definition) is 2. The fourth-order valence-electron chi connectivity index (χ4n) is 5.30. The van der Waals surface area contributed by atoms with Gasteiger partial charge in [0.05, 0.1) is 16.7 Å². The summed E-state index contributed by atoms with van der Waals surface area (Å²) in [6.45, 7) is 0.576. The highest BCUT2D eigenvalue weighted by Gasteiger charge is 2.30. The molecule has 6 rings (SSSR count). The number of fused-ring (bicyclic) bond motifs is 2. The standard InChI is InChI=1S/C33H32N4O4S/c1-34(20-10-17-33(40)41-37-30(38)18-19-31(37)39)29-21-23(22-32-35(2)27-15-8-9-16-28(27)42-32)25-13-6-7-14-26(25)36(29)24-11-4-3-5-12-24/h3-9,11-16,18-19,21-22,32,38-39H,10,17,20H2,1-2H3. The van der Waals surface area contributed by atoms with Crippen LogP contribution in [-0.2, 0) is 4.79 Å². The summed E-state index contributed by atoms with van der Waals surface area (Å²) >= 11 is 1.84. The Morgan fingerprint density at radius 2 is 1.60 bits per heavy atom. The van der Waals surface area contributed by atoms with Crippen molar-refractivity contribution in [2.75, 3.05) is 30.4 Å². The topological polar surface area (TPSA) is 81.4 Å². The van der Waals surface area contributed by atoms with Gasteiger partial charge in [-0.1, -0.05) is 60.3 Å². The minimum Gasteiger partial charge on any atom is -0.492 e. The second kappa shape index (κ2) is 11.6. The first-order valence-electron chi connectivity index (χ1n) is 13.8. The van der Waals surface area contributed by atoms with Crippen molar-refractivity contribution in [3.05, 3.63) is 115 Å². The Kier molecular flexibility index (Phi) is 7.58. The number of hydrogen-bond acceptors (Lipinski definition) is 8.